The first-order chi connectivity index (χ1) is 7.63. The second-order valence-electron chi connectivity index (χ2n) is 3.14. The molecule has 0 atom stereocenters. The Balaban J connectivity index is 3.38. The van der Waals surface area contributed by atoms with Crippen LogP contribution in [0.25, 0.3) is 5.57 Å². The van der Waals surface area contributed by atoms with Gasteiger partial charge in [0.1, 0.15) is 11.6 Å². The van der Waals surface area contributed by atoms with Crippen LogP contribution in [0.15, 0.2) is 43.5 Å². The fraction of sp³-hybridized carbons (Fsp3) is 0.0769. The number of rotatable bonds is 4. The molecule has 0 fully saturated rings. The summed E-state index contributed by atoms with van der Waals surface area (Å²) in [6.07, 6.45) is 4.64. The molecule has 16 heavy (non-hydrogen) atoms. The second kappa shape index (κ2) is 5.66. The van der Waals surface area contributed by atoms with E-state index in [0.717, 1.165) is 6.07 Å². The molecule has 0 bridgehead atoms. The molecule has 0 N–H and O–H groups in total. The molecule has 0 aliphatic rings. The van der Waals surface area contributed by atoms with Crippen LogP contribution in [0.3, 0.4) is 0 Å². The first-order valence-electron chi connectivity index (χ1n) is 4.68. The minimum atomic E-state index is -0.615. The Kier molecular flexibility index (Phi) is 4.50. The molecule has 0 saturated carbocycles. The molecule has 1 rings (SSSR count). The van der Waals surface area contributed by atoms with Crippen LogP contribution in [0.4, 0.5) is 8.78 Å². The largest absolute Gasteiger partial charge is 0.207 e. The monoisotopic (exact) mass is 238 g/mol. The van der Waals surface area contributed by atoms with E-state index < -0.39 is 11.6 Å². The molecule has 0 heterocycles. The number of hydrogen-bond donors (Lipinski definition) is 1. The normalized spacial score (nSPS) is 11.3. The number of benzene rings is 1. The van der Waals surface area contributed by atoms with Gasteiger partial charge >= 0.3 is 0 Å². The van der Waals surface area contributed by atoms with Crippen LogP contribution in [-0.4, -0.2) is 0 Å². The van der Waals surface area contributed by atoms with E-state index in [-0.39, 0.29) is 5.75 Å². The van der Waals surface area contributed by atoms with Crippen molar-refractivity contribution in [3.8, 4) is 0 Å². The molecule has 0 amide bonds. The summed E-state index contributed by atoms with van der Waals surface area (Å²) < 4.78 is 26.8. The van der Waals surface area contributed by atoms with Crippen molar-refractivity contribution < 1.29 is 8.78 Å². The molecule has 0 aliphatic heterocycles. The average molecular weight is 238 g/mol. The summed E-state index contributed by atoms with van der Waals surface area (Å²) in [6.45, 7) is 7.11. The van der Waals surface area contributed by atoms with Gasteiger partial charge in [-0.15, -0.1) is 0 Å². The summed E-state index contributed by atoms with van der Waals surface area (Å²) in [4.78, 5) is 0. The molecule has 0 nitrogen and oxygen atoms in total. The molecule has 84 valence electrons. The highest BCUT2D eigenvalue weighted by Gasteiger charge is 2.10. The maximum absolute atomic E-state index is 13.5. The van der Waals surface area contributed by atoms with E-state index in [0.29, 0.717) is 16.7 Å². The van der Waals surface area contributed by atoms with E-state index >= 15 is 0 Å². The van der Waals surface area contributed by atoms with Gasteiger partial charge in [-0.1, -0.05) is 31.4 Å². The number of hydrogen-bond acceptors (Lipinski definition) is 1. The molecular formula is C13H12F2S. The Hall–Kier alpha value is -1.35. The van der Waals surface area contributed by atoms with E-state index in [4.69, 9.17) is 0 Å². The van der Waals surface area contributed by atoms with Gasteiger partial charge in [-0.2, -0.15) is 12.6 Å². The Morgan fingerprint density at radius 1 is 1.25 bits per heavy atom. The predicted molar refractivity (Wildman–Crippen MR) is 67.4 cm³/mol. The zero-order chi connectivity index (χ0) is 12.1. The maximum atomic E-state index is 13.5. The summed E-state index contributed by atoms with van der Waals surface area (Å²) in [6, 6.07) is 2.30. The van der Waals surface area contributed by atoms with Crippen LogP contribution in [0.1, 0.15) is 11.1 Å². The first-order valence-corrected chi connectivity index (χ1v) is 5.31. The lowest BCUT2D eigenvalue weighted by Crippen LogP contribution is -1.95. The number of thiol groups is 1. The summed E-state index contributed by atoms with van der Waals surface area (Å²) in [7, 11) is 0. The molecule has 0 spiro atoms. The van der Waals surface area contributed by atoms with Gasteiger partial charge < -0.3 is 0 Å². The highest BCUT2D eigenvalue weighted by Crippen LogP contribution is 2.23. The molecule has 0 radical (unpaired) electrons. The summed E-state index contributed by atoms with van der Waals surface area (Å²) in [5.41, 5.74) is 1.23. The molecule has 1 aromatic carbocycles. The van der Waals surface area contributed by atoms with E-state index in [1.165, 1.54) is 18.2 Å². The van der Waals surface area contributed by atoms with Crippen molar-refractivity contribution in [3.63, 3.8) is 0 Å². The van der Waals surface area contributed by atoms with Gasteiger partial charge in [-0.3, -0.25) is 0 Å². The lowest BCUT2D eigenvalue weighted by molar-refractivity contribution is 0.574. The lowest BCUT2D eigenvalue weighted by Gasteiger charge is -2.07. The van der Waals surface area contributed by atoms with Gasteiger partial charge in [0.15, 0.2) is 0 Å². The minimum Gasteiger partial charge on any atom is -0.207 e. The van der Waals surface area contributed by atoms with Crippen molar-refractivity contribution in [1.82, 2.24) is 0 Å². The quantitative estimate of drug-likeness (QED) is 0.591. The summed E-state index contributed by atoms with van der Waals surface area (Å²) >= 11 is 3.98. The molecule has 0 aromatic heterocycles. The van der Waals surface area contributed by atoms with Crippen molar-refractivity contribution in [2.24, 2.45) is 0 Å². The van der Waals surface area contributed by atoms with Crippen molar-refractivity contribution in [2.45, 2.75) is 5.75 Å². The average Bonchev–Trinajstić information content (AvgIpc) is 2.27. The third kappa shape index (κ3) is 2.61. The van der Waals surface area contributed by atoms with E-state index in [1.54, 1.807) is 6.08 Å². The number of halogens is 2. The molecule has 3 heteroatoms. The molecule has 0 aliphatic carbocycles. The van der Waals surface area contributed by atoms with Gasteiger partial charge in [0, 0.05) is 17.4 Å². The van der Waals surface area contributed by atoms with Crippen LogP contribution in [0.5, 0.6) is 0 Å². The zero-order valence-electron chi connectivity index (χ0n) is 8.71. The van der Waals surface area contributed by atoms with Crippen molar-refractivity contribution in [1.29, 1.82) is 0 Å². The third-order valence-corrected chi connectivity index (χ3v) is 2.48. The van der Waals surface area contributed by atoms with Gasteiger partial charge in [-0.05, 0) is 17.2 Å². The lowest BCUT2D eigenvalue weighted by atomic mass is 10.0. The number of allylic oxidation sites excluding steroid dienone is 4. The van der Waals surface area contributed by atoms with Crippen molar-refractivity contribution >= 4 is 18.2 Å². The van der Waals surface area contributed by atoms with Crippen LogP contribution in [-0.2, 0) is 5.75 Å². The zero-order valence-corrected chi connectivity index (χ0v) is 9.61. The minimum absolute atomic E-state index is 0.220. The van der Waals surface area contributed by atoms with Crippen LogP contribution < -0.4 is 0 Å². The molecule has 1 aromatic rings. The maximum Gasteiger partial charge on any atom is 0.133 e. The Morgan fingerprint density at radius 2 is 1.94 bits per heavy atom. The standard InChI is InChI=1S/C13H12F2S/c1-3-5-9(4-2)11-6-10(8-16)12(14)7-13(11)15/h3-7,16H,1-2,8H2/b9-5+. The van der Waals surface area contributed by atoms with E-state index in [9.17, 15) is 8.78 Å². The highest BCUT2D eigenvalue weighted by atomic mass is 32.1. The predicted octanol–water partition coefficient (Wildman–Crippen LogP) is 4.15. The Bertz CT molecular complexity index is 447. The third-order valence-electron chi connectivity index (χ3n) is 2.13. The van der Waals surface area contributed by atoms with Crippen LogP contribution >= 0.6 is 12.6 Å². The Morgan fingerprint density at radius 3 is 2.44 bits per heavy atom. The van der Waals surface area contributed by atoms with Gasteiger partial charge in [0.2, 0.25) is 0 Å². The SMILES string of the molecule is C=C/C=C(\C=C)c1cc(CS)c(F)cc1F. The van der Waals surface area contributed by atoms with E-state index in [2.05, 4.69) is 25.8 Å². The smallest absolute Gasteiger partial charge is 0.133 e. The molecular weight excluding hydrogens is 226 g/mol. The van der Waals surface area contributed by atoms with Gasteiger partial charge in [-0.25, -0.2) is 8.78 Å². The van der Waals surface area contributed by atoms with Crippen molar-refractivity contribution in [3.05, 3.63) is 66.3 Å². The highest BCUT2D eigenvalue weighted by molar-refractivity contribution is 7.79. The van der Waals surface area contributed by atoms with Crippen LogP contribution in [0.2, 0.25) is 0 Å². The summed E-state index contributed by atoms with van der Waals surface area (Å²) in [5.74, 6) is -0.980. The second-order valence-corrected chi connectivity index (χ2v) is 3.46. The fourth-order valence-corrected chi connectivity index (χ4v) is 1.57. The molecule has 0 unspecified atom stereocenters. The van der Waals surface area contributed by atoms with E-state index in [1.807, 2.05) is 0 Å². The Labute approximate surface area is 99.4 Å². The topological polar surface area (TPSA) is 0 Å². The first kappa shape index (κ1) is 12.7. The van der Waals surface area contributed by atoms with Gasteiger partial charge in [0.25, 0.3) is 0 Å². The van der Waals surface area contributed by atoms with Crippen molar-refractivity contribution in [2.75, 3.05) is 0 Å². The molecule has 0 saturated heterocycles. The van der Waals surface area contributed by atoms with Crippen LogP contribution in [0, 0.1) is 11.6 Å². The fourth-order valence-electron chi connectivity index (χ4n) is 1.33. The summed E-state index contributed by atoms with van der Waals surface area (Å²) in [5, 5.41) is 0. The van der Waals surface area contributed by atoms with Gasteiger partial charge in [0.05, 0.1) is 0 Å².